The molecule has 1 aliphatic rings. The van der Waals surface area contributed by atoms with Gasteiger partial charge in [-0.3, -0.25) is 4.99 Å². The summed E-state index contributed by atoms with van der Waals surface area (Å²) >= 11 is 1.87. The minimum absolute atomic E-state index is 0. The van der Waals surface area contributed by atoms with Crippen molar-refractivity contribution in [3.63, 3.8) is 0 Å². The van der Waals surface area contributed by atoms with Crippen LogP contribution in [-0.2, 0) is 13.0 Å². The number of nitrogens with one attached hydrogen (secondary N) is 2. The summed E-state index contributed by atoms with van der Waals surface area (Å²) in [7, 11) is 1.82. The average Bonchev–Trinajstić information content (AvgIpc) is 2.93. The predicted octanol–water partition coefficient (Wildman–Crippen LogP) is 2.25. The molecule has 2 N–H and O–H groups in total. The Morgan fingerprint density at radius 3 is 2.91 bits per heavy atom. The summed E-state index contributed by atoms with van der Waals surface area (Å²) in [5.41, 5.74) is 0. The van der Waals surface area contributed by atoms with E-state index in [2.05, 4.69) is 50.5 Å². The normalized spacial score (nSPS) is 17.6. The molecule has 1 aromatic heterocycles. The van der Waals surface area contributed by atoms with E-state index in [0.29, 0.717) is 12.0 Å². The van der Waals surface area contributed by atoms with Crippen LogP contribution in [0.25, 0.3) is 0 Å². The molecule has 2 heterocycles. The van der Waals surface area contributed by atoms with E-state index in [1.54, 1.807) is 0 Å². The Morgan fingerprint density at radius 1 is 1.48 bits per heavy atom. The van der Waals surface area contributed by atoms with Crippen molar-refractivity contribution in [1.29, 1.82) is 0 Å². The Kier molecular flexibility index (Phi) is 9.26. The molecule has 1 aliphatic heterocycles. The molecule has 0 radical (unpaired) electrons. The van der Waals surface area contributed by atoms with Crippen molar-refractivity contribution in [2.45, 2.75) is 51.6 Å². The van der Waals surface area contributed by atoms with Crippen LogP contribution >= 0.6 is 35.7 Å². The fourth-order valence-corrected chi connectivity index (χ4v) is 2.93. The van der Waals surface area contributed by atoms with Gasteiger partial charge in [-0.25, -0.2) is 9.67 Å². The first-order valence-electron chi connectivity index (χ1n) is 8.03. The monoisotopic (exact) mass is 452 g/mol. The van der Waals surface area contributed by atoms with Crippen LogP contribution in [0.15, 0.2) is 4.99 Å². The molecule has 1 aromatic rings. The maximum absolute atomic E-state index is 4.63. The molecule has 1 unspecified atom stereocenters. The Balaban J connectivity index is 0.00000264. The van der Waals surface area contributed by atoms with Crippen LogP contribution in [0.4, 0.5) is 0 Å². The number of hydrogen-bond donors (Lipinski definition) is 2. The first-order chi connectivity index (χ1) is 10.6. The highest BCUT2D eigenvalue weighted by Crippen LogP contribution is 2.16. The van der Waals surface area contributed by atoms with E-state index >= 15 is 0 Å². The van der Waals surface area contributed by atoms with Crippen molar-refractivity contribution < 1.29 is 0 Å². The molecule has 0 saturated heterocycles. The van der Waals surface area contributed by atoms with Crippen LogP contribution in [0.3, 0.4) is 0 Å². The summed E-state index contributed by atoms with van der Waals surface area (Å²) in [6.07, 6.45) is 5.33. The lowest BCUT2D eigenvalue weighted by Gasteiger charge is -2.25. The maximum atomic E-state index is 4.63. The number of guanidine groups is 1. The Labute approximate surface area is 160 Å². The highest BCUT2D eigenvalue weighted by molar-refractivity contribution is 14.0. The standard InChI is InChI=1S/C15H28N6S.HI/c1-11(2)14-19-13-7-6-12(10-21(13)20-14)18-15(16-3)17-8-5-9-22-4;/h11-12H,5-10H2,1-4H3,(H2,16,17,18);1H. The van der Waals surface area contributed by atoms with Gasteiger partial charge in [-0.15, -0.1) is 24.0 Å². The van der Waals surface area contributed by atoms with E-state index in [1.807, 2.05) is 18.8 Å². The van der Waals surface area contributed by atoms with Crippen molar-refractivity contribution >= 4 is 41.7 Å². The number of fused-ring (bicyclic) bond motifs is 1. The van der Waals surface area contributed by atoms with E-state index in [-0.39, 0.29) is 24.0 Å². The molecule has 0 amide bonds. The highest BCUT2D eigenvalue weighted by Gasteiger charge is 2.22. The van der Waals surface area contributed by atoms with Gasteiger partial charge in [-0.1, -0.05) is 13.8 Å². The predicted molar refractivity (Wildman–Crippen MR) is 109 cm³/mol. The van der Waals surface area contributed by atoms with Crippen molar-refractivity contribution in [2.24, 2.45) is 4.99 Å². The molecule has 0 aromatic carbocycles. The number of aromatic nitrogens is 3. The summed E-state index contributed by atoms with van der Waals surface area (Å²) in [6.45, 7) is 6.09. The van der Waals surface area contributed by atoms with Crippen LogP contribution in [0.5, 0.6) is 0 Å². The minimum atomic E-state index is 0. The van der Waals surface area contributed by atoms with Crippen LogP contribution in [0, 0.1) is 0 Å². The molecule has 0 spiro atoms. The van der Waals surface area contributed by atoms with Gasteiger partial charge in [0, 0.05) is 32.0 Å². The van der Waals surface area contributed by atoms with Gasteiger partial charge in [-0.05, 0) is 24.9 Å². The zero-order valence-electron chi connectivity index (χ0n) is 14.5. The number of aryl methyl sites for hydroxylation is 1. The second-order valence-electron chi connectivity index (χ2n) is 5.95. The number of halogens is 1. The van der Waals surface area contributed by atoms with E-state index < -0.39 is 0 Å². The molecule has 1 atom stereocenters. The molecule has 6 nitrogen and oxygen atoms in total. The molecular weight excluding hydrogens is 423 g/mol. The maximum Gasteiger partial charge on any atom is 0.191 e. The van der Waals surface area contributed by atoms with Crippen molar-refractivity contribution in [2.75, 3.05) is 25.6 Å². The summed E-state index contributed by atoms with van der Waals surface area (Å²) < 4.78 is 2.05. The van der Waals surface area contributed by atoms with Gasteiger partial charge in [0.1, 0.15) is 5.82 Å². The number of rotatable bonds is 6. The van der Waals surface area contributed by atoms with Gasteiger partial charge < -0.3 is 10.6 Å². The van der Waals surface area contributed by atoms with Crippen LogP contribution in [0.1, 0.15) is 44.3 Å². The molecule has 0 aliphatic carbocycles. The molecular formula is C15H29IN6S. The van der Waals surface area contributed by atoms with Crippen molar-refractivity contribution in [3.05, 3.63) is 11.6 Å². The third kappa shape index (κ3) is 6.13. The third-order valence-electron chi connectivity index (χ3n) is 3.77. The van der Waals surface area contributed by atoms with Gasteiger partial charge in [0.05, 0.1) is 6.54 Å². The Bertz CT molecular complexity index is 502. The first kappa shape index (κ1) is 20.5. The second kappa shape index (κ2) is 10.4. The zero-order valence-corrected chi connectivity index (χ0v) is 17.6. The second-order valence-corrected chi connectivity index (χ2v) is 6.93. The molecule has 0 saturated carbocycles. The van der Waals surface area contributed by atoms with Gasteiger partial charge in [0.15, 0.2) is 11.8 Å². The highest BCUT2D eigenvalue weighted by atomic mass is 127. The largest absolute Gasteiger partial charge is 0.356 e. The van der Waals surface area contributed by atoms with E-state index in [0.717, 1.165) is 50.0 Å². The lowest BCUT2D eigenvalue weighted by molar-refractivity contribution is 0.391. The SMILES string of the molecule is CN=C(NCCCSC)NC1CCc2nc(C(C)C)nn2C1.I. The lowest BCUT2D eigenvalue weighted by Crippen LogP contribution is -2.47. The molecule has 132 valence electrons. The van der Waals surface area contributed by atoms with Crippen LogP contribution in [-0.4, -0.2) is 52.4 Å². The average molecular weight is 452 g/mol. The first-order valence-corrected chi connectivity index (χ1v) is 9.43. The van der Waals surface area contributed by atoms with Crippen molar-refractivity contribution in [1.82, 2.24) is 25.4 Å². The van der Waals surface area contributed by atoms with Crippen molar-refractivity contribution in [3.8, 4) is 0 Å². The van der Waals surface area contributed by atoms with Gasteiger partial charge in [0.2, 0.25) is 0 Å². The van der Waals surface area contributed by atoms with E-state index in [1.165, 1.54) is 5.75 Å². The van der Waals surface area contributed by atoms with E-state index in [9.17, 15) is 0 Å². The molecule has 0 fully saturated rings. The lowest BCUT2D eigenvalue weighted by atomic mass is 10.1. The van der Waals surface area contributed by atoms with Crippen LogP contribution < -0.4 is 10.6 Å². The topological polar surface area (TPSA) is 67.1 Å². The Hall–Kier alpha value is -0.510. The fraction of sp³-hybridized carbons (Fsp3) is 0.800. The van der Waals surface area contributed by atoms with Crippen LogP contribution in [0.2, 0.25) is 0 Å². The quantitative estimate of drug-likeness (QED) is 0.300. The molecule has 2 rings (SSSR count). The number of aliphatic imine (C=N–C) groups is 1. The Morgan fingerprint density at radius 2 is 2.26 bits per heavy atom. The number of hydrogen-bond acceptors (Lipinski definition) is 4. The molecule has 0 bridgehead atoms. The number of thioether (sulfide) groups is 1. The summed E-state index contributed by atoms with van der Waals surface area (Å²) in [5, 5.41) is 11.5. The summed E-state index contributed by atoms with van der Waals surface area (Å²) in [4.78, 5) is 8.94. The van der Waals surface area contributed by atoms with Gasteiger partial charge in [-0.2, -0.15) is 16.9 Å². The summed E-state index contributed by atoms with van der Waals surface area (Å²) in [6, 6.07) is 0.362. The van der Waals surface area contributed by atoms with Gasteiger partial charge >= 0.3 is 0 Å². The minimum Gasteiger partial charge on any atom is -0.356 e. The smallest absolute Gasteiger partial charge is 0.191 e. The number of nitrogens with zero attached hydrogens (tertiary/aromatic N) is 4. The fourth-order valence-electron chi connectivity index (χ4n) is 2.50. The summed E-state index contributed by atoms with van der Waals surface area (Å²) in [5.74, 6) is 4.52. The molecule has 23 heavy (non-hydrogen) atoms. The van der Waals surface area contributed by atoms with Gasteiger partial charge in [0.25, 0.3) is 0 Å². The molecule has 8 heteroatoms. The zero-order chi connectivity index (χ0) is 15.9. The third-order valence-corrected chi connectivity index (χ3v) is 4.47. The van der Waals surface area contributed by atoms with E-state index in [4.69, 9.17) is 0 Å².